The Labute approximate surface area is 102 Å². The van der Waals surface area contributed by atoms with Crippen LogP contribution in [0.1, 0.15) is 20.8 Å². The van der Waals surface area contributed by atoms with Crippen LogP contribution < -0.4 is 5.32 Å². The first-order chi connectivity index (χ1) is 7.91. The van der Waals surface area contributed by atoms with Gasteiger partial charge >= 0.3 is 12.0 Å². The van der Waals surface area contributed by atoms with E-state index in [-0.39, 0.29) is 6.03 Å². The van der Waals surface area contributed by atoms with E-state index in [2.05, 4.69) is 24.1 Å². The second-order valence-corrected chi connectivity index (χ2v) is 4.63. The van der Waals surface area contributed by atoms with E-state index in [0.29, 0.717) is 19.1 Å². The van der Waals surface area contributed by atoms with Crippen molar-refractivity contribution in [3.63, 3.8) is 0 Å². The predicted molar refractivity (Wildman–Crippen MR) is 63.9 cm³/mol. The molecule has 1 rings (SSSR count). The maximum atomic E-state index is 11.7. The lowest BCUT2D eigenvalue weighted by Crippen LogP contribution is -2.55. The molecule has 2 amide bonds. The fourth-order valence-corrected chi connectivity index (χ4v) is 1.78. The predicted octanol–water partition coefficient (Wildman–Crippen LogP) is 0.195. The Kier molecular flexibility index (Phi) is 4.74. The molecule has 17 heavy (non-hydrogen) atoms. The van der Waals surface area contributed by atoms with E-state index >= 15 is 0 Å². The second-order valence-electron chi connectivity index (χ2n) is 4.63. The highest BCUT2D eigenvalue weighted by Crippen LogP contribution is 2.06. The maximum Gasteiger partial charge on any atom is 0.325 e. The fourth-order valence-electron chi connectivity index (χ4n) is 1.78. The zero-order valence-corrected chi connectivity index (χ0v) is 10.6. The average Bonchev–Trinajstić information content (AvgIpc) is 2.28. The van der Waals surface area contributed by atoms with Gasteiger partial charge in [-0.25, -0.2) is 4.79 Å². The standard InChI is InChI=1S/C11H21N3O3/c1-8(2)13-4-6-14(7-5-13)11(17)12-9(3)10(15)16/h8-9H,4-7H2,1-3H3,(H,12,17)(H,15,16)/t9-/m0/s1. The van der Waals surface area contributed by atoms with Gasteiger partial charge in [-0.05, 0) is 20.8 Å². The lowest BCUT2D eigenvalue weighted by molar-refractivity contribution is -0.138. The van der Waals surface area contributed by atoms with Crippen molar-refractivity contribution in [1.29, 1.82) is 0 Å². The molecule has 1 heterocycles. The monoisotopic (exact) mass is 243 g/mol. The summed E-state index contributed by atoms with van der Waals surface area (Å²) in [6.07, 6.45) is 0. The molecule has 0 aliphatic carbocycles. The van der Waals surface area contributed by atoms with Gasteiger partial charge in [0, 0.05) is 32.2 Å². The molecule has 6 nitrogen and oxygen atoms in total. The number of carboxylic acid groups (broad SMARTS) is 1. The highest BCUT2D eigenvalue weighted by Gasteiger charge is 2.24. The molecule has 1 aliphatic heterocycles. The van der Waals surface area contributed by atoms with E-state index < -0.39 is 12.0 Å². The van der Waals surface area contributed by atoms with Crippen molar-refractivity contribution in [3.8, 4) is 0 Å². The Morgan fingerprint density at radius 1 is 1.12 bits per heavy atom. The number of aliphatic carboxylic acids is 1. The SMILES string of the molecule is CC(C)N1CCN(C(=O)N[C@@H](C)C(=O)O)CC1. The fraction of sp³-hybridized carbons (Fsp3) is 0.818. The minimum absolute atomic E-state index is 0.289. The molecule has 0 bridgehead atoms. The van der Waals surface area contributed by atoms with Gasteiger partial charge in [-0.1, -0.05) is 0 Å². The van der Waals surface area contributed by atoms with Gasteiger partial charge in [0.2, 0.25) is 0 Å². The van der Waals surface area contributed by atoms with E-state index in [1.54, 1.807) is 4.90 Å². The molecule has 1 saturated heterocycles. The molecule has 0 aromatic rings. The summed E-state index contributed by atoms with van der Waals surface area (Å²) in [6.45, 7) is 8.70. The summed E-state index contributed by atoms with van der Waals surface area (Å²) in [5, 5.41) is 11.2. The number of nitrogens with one attached hydrogen (secondary N) is 1. The van der Waals surface area contributed by atoms with Crippen LogP contribution >= 0.6 is 0 Å². The highest BCUT2D eigenvalue weighted by atomic mass is 16.4. The van der Waals surface area contributed by atoms with Crippen LogP contribution in [0.3, 0.4) is 0 Å². The number of hydrogen-bond acceptors (Lipinski definition) is 3. The number of amides is 2. The molecule has 0 saturated carbocycles. The van der Waals surface area contributed by atoms with Gasteiger partial charge in [0.05, 0.1) is 0 Å². The van der Waals surface area contributed by atoms with Crippen LogP contribution in [0.25, 0.3) is 0 Å². The number of hydrogen-bond donors (Lipinski definition) is 2. The number of urea groups is 1. The van der Waals surface area contributed by atoms with Crippen LogP contribution in [-0.2, 0) is 4.79 Å². The van der Waals surface area contributed by atoms with Crippen molar-refractivity contribution in [2.75, 3.05) is 26.2 Å². The summed E-state index contributed by atoms with van der Waals surface area (Å²) in [7, 11) is 0. The summed E-state index contributed by atoms with van der Waals surface area (Å²) in [5.41, 5.74) is 0. The topological polar surface area (TPSA) is 72.9 Å². The van der Waals surface area contributed by atoms with Gasteiger partial charge < -0.3 is 15.3 Å². The van der Waals surface area contributed by atoms with E-state index in [0.717, 1.165) is 13.1 Å². The smallest absolute Gasteiger partial charge is 0.325 e. The summed E-state index contributed by atoms with van der Waals surface area (Å²) in [5.74, 6) is -1.01. The van der Waals surface area contributed by atoms with Gasteiger partial charge in [0.15, 0.2) is 0 Å². The second kappa shape index (κ2) is 5.86. The van der Waals surface area contributed by atoms with Crippen LogP contribution in [0.15, 0.2) is 0 Å². The quantitative estimate of drug-likeness (QED) is 0.742. The van der Waals surface area contributed by atoms with Crippen molar-refractivity contribution >= 4 is 12.0 Å². The molecule has 98 valence electrons. The normalized spacial score (nSPS) is 19.2. The Balaban J connectivity index is 2.38. The molecule has 1 atom stereocenters. The Bertz CT molecular complexity index is 286. The van der Waals surface area contributed by atoms with Gasteiger partial charge in [0.1, 0.15) is 6.04 Å². The van der Waals surface area contributed by atoms with E-state index in [9.17, 15) is 9.59 Å². The van der Waals surface area contributed by atoms with Gasteiger partial charge in [0.25, 0.3) is 0 Å². The van der Waals surface area contributed by atoms with Crippen LogP contribution in [0.5, 0.6) is 0 Å². The lowest BCUT2D eigenvalue weighted by Gasteiger charge is -2.37. The minimum Gasteiger partial charge on any atom is -0.480 e. The van der Waals surface area contributed by atoms with E-state index in [1.807, 2.05) is 0 Å². The third kappa shape index (κ3) is 3.89. The molecular formula is C11H21N3O3. The van der Waals surface area contributed by atoms with Crippen LogP contribution in [-0.4, -0.2) is 65.2 Å². The third-order valence-corrected chi connectivity index (χ3v) is 3.04. The van der Waals surface area contributed by atoms with Crippen molar-refractivity contribution < 1.29 is 14.7 Å². The van der Waals surface area contributed by atoms with E-state index in [4.69, 9.17) is 5.11 Å². The summed E-state index contributed by atoms with van der Waals surface area (Å²) in [6, 6.07) is -0.646. The molecule has 0 radical (unpaired) electrons. The summed E-state index contributed by atoms with van der Waals surface area (Å²) >= 11 is 0. The van der Waals surface area contributed by atoms with Crippen molar-refractivity contribution in [2.24, 2.45) is 0 Å². The number of nitrogens with zero attached hydrogens (tertiary/aromatic N) is 2. The van der Waals surface area contributed by atoms with Crippen LogP contribution in [0, 0.1) is 0 Å². The Morgan fingerprint density at radius 2 is 1.65 bits per heavy atom. The molecule has 0 aromatic heterocycles. The molecule has 0 unspecified atom stereocenters. The Hall–Kier alpha value is -1.30. The average molecular weight is 243 g/mol. The van der Waals surface area contributed by atoms with Crippen molar-refractivity contribution in [3.05, 3.63) is 0 Å². The number of rotatable bonds is 3. The van der Waals surface area contributed by atoms with Crippen molar-refractivity contribution in [2.45, 2.75) is 32.9 Å². The highest BCUT2D eigenvalue weighted by molar-refractivity contribution is 5.82. The first-order valence-corrected chi connectivity index (χ1v) is 5.94. The Morgan fingerprint density at radius 3 is 2.06 bits per heavy atom. The molecule has 1 fully saturated rings. The number of piperazine rings is 1. The molecule has 1 aliphatic rings. The van der Waals surface area contributed by atoms with Crippen molar-refractivity contribution in [1.82, 2.24) is 15.1 Å². The van der Waals surface area contributed by atoms with Gasteiger partial charge in [-0.3, -0.25) is 9.69 Å². The maximum absolute atomic E-state index is 11.7. The zero-order chi connectivity index (χ0) is 13.0. The zero-order valence-electron chi connectivity index (χ0n) is 10.6. The molecule has 0 spiro atoms. The largest absolute Gasteiger partial charge is 0.480 e. The molecular weight excluding hydrogens is 222 g/mol. The molecule has 2 N–H and O–H groups in total. The third-order valence-electron chi connectivity index (χ3n) is 3.04. The summed E-state index contributed by atoms with van der Waals surface area (Å²) < 4.78 is 0. The molecule has 6 heteroatoms. The number of carbonyl (C=O) groups excluding carboxylic acids is 1. The molecule has 0 aromatic carbocycles. The van der Waals surface area contributed by atoms with E-state index in [1.165, 1.54) is 6.92 Å². The van der Waals surface area contributed by atoms with Crippen LogP contribution in [0.4, 0.5) is 4.79 Å². The number of carbonyl (C=O) groups is 2. The first kappa shape index (κ1) is 13.8. The van der Waals surface area contributed by atoms with Gasteiger partial charge in [-0.2, -0.15) is 0 Å². The lowest BCUT2D eigenvalue weighted by atomic mass is 10.2. The first-order valence-electron chi connectivity index (χ1n) is 5.94. The van der Waals surface area contributed by atoms with Gasteiger partial charge in [-0.15, -0.1) is 0 Å². The van der Waals surface area contributed by atoms with Crippen LogP contribution in [0.2, 0.25) is 0 Å². The number of carboxylic acids is 1. The summed E-state index contributed by atoms with van der Waals surface area (Å²) in [4.78, 5) is 26.3. The minimum atomic E-state index is -1.01.